The van der Waals surface area contributed by atoms with Crippen LogP contribution in [0.15, 0.2) is 85.1 Å². The summed E-state index contributed by atoms with van der Waals surface area (Å²) in [6.07, 6.45) is 50.4. The topological polar surface area (TPSA) is 134 Å². The predicted molar refractivity (Wildman–Crippen MR) is 229 cm³/mol. The van der Waals surface area contributed by atoms with Crippen molar-refractivity contribution < 1.29 is 37.6 Å². The number of hydrogen-bond acceptors (Lipinski definition) is 8. The lowest BCUT2D eigenvalue weighted by Crippen LogP contribution is -2.29. The van der Waals surface area contributed by atoms with Gasteiger partial charge in [0.15, 0.2) is 6.10 Å². The highest BCUT2D eigenvalue weighted by Gasteiger charge is 2.25. The standard InChI is InChI=1S/C45H76NO8P/c1-3-5-7-9-11-13-15-17-19-21-23-25-27-29-31-33-35-37-44(47)51-41-43(42-53-55(49,50)52-40-39-46)54-45(48)38-36-34-32-30-28-26-24-22-20-18-16-14-12-10-8-6-4-2/h5,7,11-14,17-20,23,25,29,31,43H,3-4,6,8-10,15-16,21-22,24,26-28,30,32-42,46H2,1-2H3,(H,49,50)/b7-5+,13-11+,14-12+,19-17+,20-18+,25-23+,31-29+/t43-/m1/s1. The lowest BCUT2D eigenvalue weighted by molar-refractivity contribution is -0.161. The minimum absolute atomic E-state index is 0.0399. The van der Waals surface area contributed by atoms with Crippen molar-refractivity contribution in [2.24, 2.45) is 5.73 Å². The first-order chi connectivity index (χ1) is 26.8. The van der Waals surface area contributed by atoms with Gasteiger partial charge in [-0.05, 0) is 83.5 Å². The van der Waals surface area contributed by atoms with Crippen LogP contribution in [-0.2, 0) is 32.7 Å². The third-order valence-electron chi connectivity index (χ3n) is 8.27. The molecule has 0 heterocycles. The zero-order chi connectivity index (χ0) is 40.3. The van der Waals surface area contributed by atoms with E-state index in [0.717, 1.165) is 70.6 Å². The second-order valence-corrected chi connectivity index (χ2v) is 14.9. The summed E-state index contributed by atoms with van der Waals surface area (Å²) in [5, 5.41) is 0. The Morgan fingerprint density at radius 3 is 1.55 bits per heavy atom. The minimum Gasteiger partial charge on any atom is -0.462 e. The monoisotopic (exact) mass is 790 g/mol. The fraction of sp³-hybridized carbons (Fsp3) is 0.644. The van der Waals surface area contributed by atoms with E-state index < -0.39 is 32.5 Å². The smallest absolute Gasteiger partial charge is 0.462 e. The lowest BCUT2D eigenvalue weighted by Gasteiger charge is -2.19. The molecule has 314 valence electrons. The van der Waals surface area contributed by atoms with Crippen molar-refractivity contribution in [3.8, 4) is 0 Å². The van der Waals surface area contributed by atoms with Gasteiger partial charge >= 0.3 is 19.8 Å². The van der Waals surface area contributed by atoms with Crippen molar-refractivity contribution >= 4 is 19.8 Å². The summed E-state index contributed by atoms with van der Waals surface area (Å²) in [7, 11) is -4.40. The summed E-state index contributed by atoms with van der Waals surface area (Å²) in [4.78, 5) is 34.8. The highest BCUT2D eigenvalue weighted by atomic mass is 31.2. The number of esters is 2. The van der Waals surface area contributed by atoms with E-state index in [0.29, 0.717) is 12.8 Å². The molecule has 10 heteroatoms. The van der Waals surface area contributed by atoms with E-state index in [1.54, 1.807) is 0 Å². The maximum Gasteiger partial charge on any atom is 0.472 e. The number of phosphoric ester groups is 1. The van der Waals surface area contributed by atoms with Gasteiger partial charge in [-0.1, -0.05) is 144 Å². The van der Waals surface area contributed by atoms with Gasteiger partial charge in [-0.15, -0.1) is 0 Å². The molecule has 0 amide bonds. The quantitative estimate of drug-likeness (QED) is 0.0271. The number of unbranched alkanes of at least 4 members (excludes halogenated alkanes) is 11. The molecular formula is C45H76NO8P. The highest BCUT2D eigenvalue weighted by Crippen LogP contribution is 2.43. The average molecular weight is 790 g/mol. The van der Waals surface area contributed by atoms with Gasteiger partial charge < -0.3 is 20.1 Å². The van der Waals surface area contributed by atoms with Gasteiger partial charge in [0, 0.05) is 19.4 Å². The van der Waals surface area contributed by atoms with Gasteiger partial charge in [-0.2, -0.15) is 0 Å². The third-order valence-corrected chi connectivity index (χ3v) is 9.25. The molecule has 3 N–H and O–H groups in total. The molecule has 0 saturated heterocycles. The molecule has 0 aromatic carbocycles. The third kappa shape index (κ3) is 40.7. The van der Waals surface area contributed by atoms with E-state index in [1.165, 1.54) is 44.9 Å². The molecule has 0 fully saturated rings. The minimum atomic E-state index is -4.40. The van der Waals surface area contributed by atoms with Crippen LogP contribution in [-0.4, -0.2) is 49.3 Å². The number of rotatable bonds is 38. The van der Waals surface area contributed by atoms with Gasteiger partial charge in [-0.25, -0.2) is 4.57 Å². The van der Waals surface area contributed by atoms with Crippen LogP contribution in [0.2, 0.25) is 0 Å². The van der Waals surface area contributed by atoms with Gasteiger partial charge in [0.05, 0.1) is 13.2 Å². The zero-order valence-corrected chi connectivity index (χ0v) is 35.3. The molecule has 0 aliphatic carbocycles. The number of phosphoric acid groups is 1. The van der Waals surface area contributed by atoms with Crippen LogP contribution < -0.4 is 5.73 Å². The van der Waals surface area contributed by atoms with E-state index in [4.69, 9.17) is 24.3 Å². The number of carbonyl (C=O) groups is 2. The van der Waals surface area contributed by atoms with Crippen LogP contribution in [0, 0.1) is 0 Å². The Morgan fingerprint density at radius 1 is 0.564 bits per heavy atom. The number of carbonyl (C=O) groups excluding carboxylic acids is 2. The molecule has 0 aliphatic heterocycles. The molecule has 2 atom stereocenters. The molecule has 0 rings (SSSR count). The second kappa shape index (κ2) is 40.8. The lowest BCUT2D eigenvalue weighted by atomic mass is 10.1. The second-order valence-electron chi connectivity index (χ2n) is 13.5. The SMILES string of the molecule is CC/C=C/C/C=C/C/C=C/C/C=C/C/C=C/CCCC(=O)OC[C@H](COP(=O)(O)OCCN)OC(=O)CCCCCCCCC/C=C/C/C=C/CCCCC. The van der Waals surface area contributed by atoms with Gasteiger partial charge in [0.2, 0.25) is 0 Å². The summed E-state index contributed by atoms with van der Waals surface area (Å²) in [5.41, 5.74) is 5.34. The number of allylic oxidation sites excluding steroid dienone is 14. The molecule has 0 spiro atoms. The summed E-state index contributed by atoms with van der Waals surface area (Å²) >= 11 is 0. The Morgan fingerprint density at radius 2 is 1.02 bits per heavy atom. The average Bonchev–Trinajstić information content (AvgIpc) is 3.17. The van der Waals surface area contributed by atoms with Gasteiger partial charge in [0.25, 0.3) is 0 Å². The van der Waals surface area contributed by atoms with Crippen LogP contribution >= 0.6 is 7.82 Å². The fourth-order valence-corrected chi connectivity index (χ4v) is 5.93. The molecule has 0 aromatic heterocycles. The van der Waals surface area contributed by atoms with Crippen molar-refractivity contribution in [1.29, 1.82) is 0 Å². The van der Waals surface area contributed by atoms with Gasteiger partial charge in [0.1, 0.15) is 6.61 Å². The van der Waals surface area contributed by atoms with E-state index in [2.05, 4.69) is 92.8 Å². The van der Waals surface area contributed by atoms with Crippen LogP contribution in [0.25, 0.3) is 0 Å². The molecule has 1 unspecified atom stereocenters. The van der Waals surface area contributed by atoms with Crippen molar-refractivity contribution in [1.82, 2.24) is 0 Å². The molecular weight excluding hydrogens is 713 g/mol. The van der Waals surface area contributed by atoms with E-state index in [9.17, 15) is 19.0 Å². The highest BCUT2D eigenvalue weighted by molar-refractivity contribution is 7.47. The maximum absolute atomic E-state index is 12.6. The predicted octanol–water partition coefficient (Wildman–Crippen LogP) is 12.0. The Hall–Kier alpha value is -2.81. The van der Waals surface area contributed by atoms with Crippen molar-refractivity contribution in [2.75, 3.05) is 26.4 Å². The van der Waals surface area contributed by atoms with Crippen LogP contribution in [0.3, 0.4) is 0 Å². The molecule has 0 aliphatic rings. The fourth-order valence-electron chi connectivity index (χ4n) is 5.17. The zero-order valence-electron chi connectivity index (χ0n) is 34.4. The van der Waals surface area contributed by atoms with Crippen molar-refractivity contribution in [3.63, 3.8) is 0 Å². The molecule has 0 bridgehead atoms. The Labute approximate surface area is 334 Å². The summed E-state index contributed by atoms with van der Waals surface area (Å²) in [6, 6.07) is 0. The number of hydrogen-bond donors (Lipinski definition) is 2. The summed E-state index contributed by atoms with van der Waals surface area (Å²) in [5.74, 6) is -0.914. The first-order valence-electron chi connectivity index (χ1n) is 21.1. The van der Waals surface area contributed by atoms with E-state index in [-0.39, 0.29) is 32.6 Å². The number of ether oxygens (including phenoxy) is 2. The first kappa shape index (κ1) is 52.2. The summed E-state index contributed by atoms with van der Waals surface area (Å²) < 4.78 is 32.7. The maximum atomic E-state index is 12.6. The molecule has 0 aromatic rings. The molecule has 0 saturated carbocycles. The Kier molecular flexibility index (Phi) is 38.8. The summed E-state index contributed by atoms with van der Waals surface area (Å²) in [6.45, 7) is 3.50. The Balaban J connectivity index is 4.30. The van der Waals surface area contributed by atoms with E-state index >= 15 is 0 Å². The van der Waals surface area contributed by atoms with Gasteiger partial charge in [-0.3, -0.25) is 18.6 Å². The first-order valence-corrected chi connectivity index (χ1v) is 22.6. The van der Waals surface area contributed by atoms with Crippen LogP contribution in [0.4, 0.5) is 0 Å². The number of nitrogens with two attached hydrogens (primary N) is 1. The molecule has 55 heavy (non-hydrogen) atoms. The van der Waals surface area contributed by atoms with E-state index in [1.807, 2.05) is 6.08 Å². The van der Waals surface area contributed by atoms with Crippen molar-refractivity contribution in [3.05, 3.63) is 85.1 Å². The van der Waals surface area contributed by atoms with Crippen LogP contribution in [0.1, 0.15) is 155 Å². The molecule has 9 nitrogen and oxygen atoms in total. The van der Waals surface area contributed by atoms with Crippen LogP contribution in [0.5, 0.6) is 0 Å². The van der Waals surface area contributed by atoms with Crippen molar-refractivity contribution in [2.45, 2.75) is 161 Å². The largest absolute Gasteiger partial charge is 0.472 e. The molecule has 0 radical (unpaired) electrons. The Bertz CT molecular complexity index is 1170. The normalized spacial score (nSPS) is 14.2.